The average molecular weight is 394 g/mol. The summed E-state index contributed by atoms with van der Waals surface area (Å²) in [5.74, 6) is 0.752. The number of amides is 1. The first kappa shape index (κ1) is 19.9. The van der Waals surface area contributed by atoms with E-state index >= 15 is 0 Å². The van der Waals surface area contributed by atoms with Crippen molar-refractivity contribution in [1.82, 2.24) is 15.3 Å². The van der Waals surface area contributed by atoms with Gasteiger partial charge in [0.25, 0.3) is 5.91 Å². The number of pyridine rings is 2. The van der Waals surface area contributed by atoms with Crippen LogP contribution in [0.2, 0.25) is 0 Å². The molecule has 1 aliphatic rings. The van der Waals surface area contributed by atoms with E-state index in [1.807, 2.05) is 4.90 Å². The van der Waals surface area contributed by atoms with Gasteiger partial charge >= 0.3 is 6.18 Å². The van der Waals surface area contributed by atoms with Crippen LogP contribution in [-0.4, -0.2) is 35.5 Å². The number of nitrogens with zero attached hydrogens (tertiary/aromatic N) is 2. The Balaban J connectivity index is 1.42. The molecular formula is C19H21F3N4O2. The number of hydrogen-bond donors (Lipinski definition) is 2. The molecule has 0 unspecified atom stereocenters. The van der Waals surface area contributed by atoms with Gasteiger partial charge in [-0.25, -0.2) is 4.98 Å². The lowest BCUT2D eigenvalue weighted by Crippen LogP contribution is -2.35. The van der Waals surface area contributed by atoms with E-state index in [9.17, 15) is 22.8 Å². The van der Waals surface area contributed by atoms with Crippen LogP contribution in [0.25, 0.3) is 0 Å². The molecule has 6 nitrogen and oxygen atoms in total. The van der Waals surface area contributed by atoms with Crippen molar-refractivity contribution in [2.75, 3.05) is 24.5 Å². The van der Waals surface area contributed by atoms with Gasteiger partial charge in [0, 0.05) is 38.1 Å². The molecule has 9 heteroatoms. The van der Waals surface area contributed by atoms with E-state index in [1.54, 1.807) is 0 Å². The van der Waals surface area contributed by atoms with Crippen molar-refractivity contribution >= 4 is 11.7 Å². The molecule has 28 heavy (non-hydrogen) atoms. The molecule has 0 bridgehead atoms. The van der Waals surface area contributed by atoms with Crippen LogP contribution in [0.4, 0.5) is 19.0 Å². The molecule has 3 rings (SSSR count). The molecule has 150 valence electrons. The third-order valence-corrected chi connectivity index (χ3v) is 4.90. The number of rotatable bonds is 5. The molecule has 2 N–H and O–H groups in total. The van der Waals surface area contributed by atoms with Crippen LogP contribution in [0.1, 0.15) is 35.2 Å². The number of carbonyl (C=O) groups excluding carboxylic acids is 1. The van der Waals surface area contributed by atoms with E-state index < -0.39 is 11.7 Å². The fraction of sp³-hybridized carbons (Fsp3) is 0.421. The first-order valence-electron chi connectivity index (χ1n) is 9.08. The lowest BCUT2D eigenvalue weighted by atomic mass is 9.93. The Morgan fingerprint density at radius 1 is 1.21 bits per heavy atom. The predicted octanol–water partition coefficient (Wildman–Crippen LogP) is 2.83. The van der Waals surface area contributed by atoms with Gasteiger partial charge in [-0.05, 0) is 43.4 Å². The van der Waals surface area contributed by atoms with Crippen LogP contribution in [0.3, 0.4) is 0 Å². The van der Waals surface area contributed by atoms with E-state index in [0.717, 1.165) is 44.6 Å². The summed E-state index contributed by atoms with van der Waals surface area (Å²) < 4.78 is 37.8. The molecule has 0 spiro atoms. The summed E-state index contributed by atoms with van der Waals surface area (Å²) in [7, 11) is 0. The number of aromatic nitrogens is 2. The molecule has 0 radical (unpaired) electrons. The topological polar surface area (TPSA) is 78.1 Å². The summed E-state index contributed by atoms with van der Waals surface area (Å²) >= 11 is 0. The minimum atomic E-state index is -4.38. The van der Waals surface area contributed by atoms with Gasteiger partial charge in [0.2, 0.25) is 5.56 Å². The summed E-state index contributed by atoms with van der Waals surface area (Å²) in [6, 6.07) is 5.25. The average Bonchev–Trinajstić information content (AvgIpc) is 2.68. The Morgan fingerprint density at radius 2 is 1.96 bits per heavy atom. The Labute approximate surface area is 159 Å². The normalized spacial score (nSPS) is 15.5. The molecule has 0 aliphatic carbocycles. The number of hydrogen-bond acceptors (Lipinski definition) is 4. The van der Waals surface area contributed by atoms with Crippen molar-refractivity contribution in [3.63, 3.8) is 0 Å². The van der Waals surface area contributed by atoms with E-state index in [0.29, 0.717) is 23.8 Å². The number of H-pyrrole nitrogens is 1. The second kappa shape index (κ2) is 8.45. The van der Waals surface area contributed by atoms with Crippen LogP contribution in [0, 0.1) is 5.92 Å². The zero-order valence-electron chi connectivity index (χ0n) is 15.1. The largest absolute Gasteiger partial charge is 0.417 e. The van der Waals surface area contributed by atoms with Crippen LogP contribution >= 0.6 is 0 Å². The summed E-state index contributed by atoms with van der Waals surface area (Å²) in [6.07, 6.45) is 0.469. The highest BCUT2D eigenvalue weighted by Crippen LogP contribution is 2.30. The Morgan fingerprint density at radius 3 is 2.54 bits per heavy atom. The second-order valence-electron chi connectivity index (χ2n) is 6.82. The smallest absolute Gasteiger partial charge is 0.357 e. The maximum atomic E-state index is 12.6. The number of piperidine rings is 1. The molecule has 1 saturated heterocycles. The third-order valence-electron chi connectivity index (χ3n) is 4.90. The number of carbonyl (C=O) groups is 1. The molecule has 2 aromatic rings. The molecule has 1 fully saturated rings. The van der Waals surface area contributed by atoms with Gasteiger partial charge in [0.15, 0.2) is 0 Å². The molecule has 0 aromatic carbocycles. The zero-order chi connectivity index (χ0) is 20.1. The lowest BCUT2D eigenvalue weighted by Gasteiger charge is -2.33. The molecule has 0 saturated carbocycles. The van der Waals surface area contributed by atoms with Gasteiger partial charge in [-0.1, -0.05) is 0 Å². The molecule has 1 amide bonds. The monoisotopic (exact) mass is 394 g/mol. The van der Waals surface area contributed by atoms with Gasteiger partial charge in [-0.2, -0.15) is 13.2 Å². The molecule has 0 atom stereocenters. The van der Waals surface area contributed by atoms with Crippen LogP contribution in [-0.2, 0) is 6.18 Å². The van der Waals surface area contributed by atoms with E-state index in [4.69, 9.17) is 0 Å². The fourth-order valence-corrected chi connectivity index (χ4v) is 3.24. The number of alkyl halides is 3. The number of anilines is 1. The summed E-state index contributed by atoms with van der Waals surface area (Å²) in [5.41, 5.74) is -0.599. The Bertz CT molecular complexity index is 836. The maximum Gasteiger partial charge on any atom is 0.417 e. The first-order valence-corrected chi connectivity index (χ1v) is 9.08. The van der Waals surface area contributed by atoms with Gasteiger partial charge in [0.05, 0.1) is 11.1 Å². The van der Waals surface area contributed by atoms with Crippen molar-refractivity contribution in [3.8, 4) is 0 Å². The van der Waals surface area contributed by atoms with E-state index in [-0.39, 0.29) is 11.5 Å². The maximum absolute atomic E-state index is 12.6. The highest BCUT2D eigenvalue weighted by molar-refractivity contribution is 5.93. The highest BCUT2D eigenvalue weighted by Gasteiger charge is 2.31. The zero-order valence-corrected chi connectivity index (χ0v) is 15.1. The fourth-order valence-electron chi connectivity index (χ4n) is 3.24. The Hall–Kier alpha value is -2.84. The lowest BCUT2D eigenvalue weighted by molar-refractivity contribution is -0.137. The molecular weight excluding hydrogens is 373 g/mol. The quantitative estimate of drug-likeness (QED) is 0.818. The van der Waals surface area contributed by atoms with Crippen LogP contribution in [0.15, 0.2) is 41.5 Å². The van der Waals surface area contributed by atoms with Gasteiger partial charge < -0.3 is 15.2 Å². The van der Waals surface area contributed by atoms with Crippen molar-refractivity contribution in [2.24, 2.45) is 5.92 Å². The molecule has 1 aliphatic heterocycles. The minimum absolute atomic E-state index is 0.234. The molecule has 3 heterocycles. The molecule has 2 aromatic heterocycles. The SMILES string of the molecule is O=C(NCCC1CCN(c2ccc(C(F)(F)F)cn2)CC1)c1ccc(=O)[nH]c1. The van der Waals surface area contributed by atoms with Gasteiger partial charge in [0.1, 0.15) is 5.82 Å². The first-order chi connectivity index (χ1) is 13.3. The number of halogens is 3. The van der Waals surface area contributed by atoms with Crippen molar-refractivity contribution in [2.45, 2.75) is 25.4 Å². The van der Waals surface area contributed by atoms with E-state index in [1.165, 1.54) is 24.4 Å². The summed E-state index contributed by atoms with van der Waals surface area (Å²) in [5, 5.41) is 2.84. The van der Waals surface area contributed by atoms with Crippen LogP contribution < -0.4 is 15.8 Å². The Kier molecular flexibility index (Phi) is 6.01. The van der Waals surface area contributed by atoms with Crippen molar-refractivity contribution in [3.05, 3.63) is 58.1 Å². The standard InChI is InChI=1S/C19H21F3N4O2/c20-19(21,22)15-2-3-16(24-12-15)26-9-6-13(7-10-26)5-8-23-18(28)14-1-4-17(27)25-11-14/h1-4,11-13H,5-10H2,(H,23,28)(H,25,27). The highest BCUT2D eigenvalue weighted by atomic mass is 19.4. The number of nitrogens with one attached hydrogen (secondary N) is 2. The van der Waals surface area contributed by atoms with Crippen molar-refractivity contribution < 1.29 is 18.0 Å². The van der Waals surface area contributed by atoms with Crippen molar-refractivity contribution in [1.29, 1.82) is 0 Å². The van der Waals surface area contributed by atoms with E-state index in [2.05, 4.69) is 15.3 Å². The summed E-state index contributed by atoms with van der Waals surface area (Å²) in [4.78, 5) is 31.4. The van der Waals surface area contributed by atoms with Gasteiger partial charge in [-0.3, -0.25) is 9.59 Å². The third kappa shape index (κ3) is 5.11. The second-order valence-corrected chi connectivity index (χ2v) is 6.82. The number of aromatic amines is 1. The minimum Gasteiger partial charge on any atom is -0.357 e. The van der Waals surface area contributed by atoms with Crippen LogP contribution in [0.5, 0.6) is 0 Å². The van der Waals surface area contributed by atoms with Gasteiger partial charge in [-0.15, -0.1) is 0 Å². The predicted molar refractivity (Wildman–Crippen MR) is 98.2 cm³/mol. The summed E-state index contributed by atoms with van der Waals surface area (Å²) in [6.45, 7) is 1.97.